The van der Waals surface area contributed by atoms with Crippen LogP contribution in [0.25, 0.3) is 0 Å². The number of carbonyl (C=O) groups excluding carboxylic acids is 1. The number of amides is 1. The molecule has 4 nitrogen and oxygen atoms in total. The van der Waals surface area contributed by atoms with Crippen molar-refractivity contribution >= 4 is 5.91 Å². The van der Waals surface area contributed by atoms with E-state index in [9.17, 15) is 9.90 Å². The Bertz CT molecular complexity index is 470. The molecule has 1 aliphatic carbocycles. The van der Waals surface area contributed by atoms with Gasteiger partial charge in [-0.2, -0.15) is 0 Å². The van der Waals surface area contributed by atoms with Gasteiger partial charge in [-0.3, -0.25) is 4.79 Å². The quantitative estimate of drug-likeness (QED) is 0.870. The zero-order valence-corrected chi connectivity index (χ0v) is 13.2. The number of likely N-dealkylation sites (N-methyl/N-ethyl adjacent to an activating group) is 1. The largest absolute Gasteiger partial charge is 0.392 e. The van der Waals surface area contributed by atoms with E-state index >= 15 is 0 Å². The van der Waals surface area contributed by atoms with Crippen molar-refractivity contribution in [2.45, 2.75) is 38.3 Å². The zero-order chi connectivity index (χ0) is 15.4. The smallest absolute Gasteiger partial charge is 0.225 e. The Kier molecular flexibility index (Phi) is 5.37. The standard InChI is InChI=1S/C17H26N2O2/c1-12-7-9-13(10-8-12)15(19(2)3)11-18-17(21)14-5-4-6-16(14)20/h7-10,14-16,20H,4-6,11H2,1-3H3,(H,18,21). The molecule has 116 valence electrons. The van der Waals surface area contributed by atoms with Crippen LogP contribution in [0.15, 0.2) is 24.3 Å². The number of aliphatic hydroxyl groups excluding tert-OH is 1. The second kappa shape index (κ2) is 7.05. The summed E-state index contributed by atoms with van der Waals surface area (Å²) < 4.78 is 0. The molecule has 2 rings (SSSR count). The summed E-state index contributed by atoms with van der Waals surface area (Å²) in [5.74, 6) is -0.246. The number of nitrogens with zero attached hydrogens (tertiary/aromatic N) is 1. The maximum Gasteiger partial charge on any atom is 0.225 e. The van der Waals surface area contributed by atoms with Gasteiger partial charge in [0.2, 0.25) is 5.91 Å². The molecule has 0 saturated heterocycles. The fourth-order valence-corrected chi connectivity index (χ4v) is 2.96. The van der Waals surface area contributed by atoms with Gasteiger partial charge in [-0.25, -0.2) is 0 Å². The molecular formula is C17H26N2O2. The summed E-state index contributed by atoms with van der Waals surface area (Å²) >= 11 is 0. The number of rotatable bonds is 5. The van der Waals surface area contributed by atoms with Crippen molar-refractivity contribution in [1.29, 1.82) is 0 Å². The van der Waals surface area contributed by atoms with E-state index in [-0.39, 0.29) is 17.9 Å². The third-order valence-corrected chi connectivity index (χ3v) is 4.37. The highest BCUT2D eigenvalue weighted by molar-refractivity contribution is 5.79. The molecule has 1 aromatic rings. The van der Waals surface area contributed by atoms with E-state index < -0.39 is 6.10 Å². The molecule has 1 aromatic carbocycles. The van der Waals surface area contributed by atoms with Gasteiger partial charge in [0.1, 0.15) is 0 Å². The first-order valence-corrected chi connectivity index (χ1v) is 7.68. The van der Waals surface area contributed by atoms with Gasteiger partial charge < -0.3 is 15.3 Å². The molecule has 1 aliphatic rings. The summed E-state index contributed by atoms with van der Waals surface area (Å²) in [6.45, 7) is 2.63. The Labute approximate surface area is 127 Å². The van der Waals surface area contributed by atoms with Gasteiger partial charge in [0.25, 0.3) is 0 Å². The Morgan fingerprint density at radius 3 is 2.52 bits per heavy atom. The van der Waals surface area contributed by atoms with E-state index in [0.29, 0.717) is 6.54 Å². The van der Waals surface area contributed by atoms with Crippen molar-refractivity contribution in [1.82, 2.24) is 10.2 Å². The monoisotopic (exact) mass is 290 g/mol. The normalized spacial score (nSPS) is 23.3. The van der Waals surface area contributed by atoms with E-state index in [0.717, 1.165) is 19.3 Å². The minimum absolute atomic E-state index is 0.0149. The van der Waals surface area contributed by atoms with Crippen LogP contribution in [0.3, 0.4) is 0 Å². The summed E-state index contributed by atoms with van der Waals surface area (Å²) in [6, 6.07) is 8.55. The van der Waals surface area contributed by atoms with E-state index in [2.05, 4.69) is 41.4 Å². The van der Waals surface area contributed by atoms with Crippen LogP contribution in [-0.2, 0) is 4.79 Å². The van der Waals surface area contributed by atoms with Crippen molar-refractivity contribution in [3.05, 3.63) is 35.4 Å². The molecule has 1 fully saturated rings. The van der Waals surface area contributed by atoms with Gasteiger partial charge >= 0.3 is 0 Å². The van der Waals surface area contributed by atoms with Crippen LogP contribution in [0.4, 0.5) is 0 Å². The molecule has 0 radical (unpaired) electrons. The van der Waals surface area contributed by atoms with E-state index in [1.807, 2.05) is 14.1 Å². The first-order valence-electron chi connectivity index (χ1n) is 7.68. The number of aliphatic hydroxyl groups is 1. The van der Waals surface area contributed by atoms with Crippen LogP contribution >= 0.6 is 0 Å². The van der Waals surface area contributed by atoms with Crippen LogP contribution in [0.5, 0.6) is 0 Å². The van der Waals surface area contributed by atoms with Gasteiger partial charge in [-0.05, 0) is 45.8 Å². The summed E-state index contributed by atoms with van der Waals surface area (Å²) in [4.78, 5) is 14.3. The van der Waals surface area contributed by atoms with Crippen LogP contribution in [-0.4, -0.2) is 42.7 Å². The molecule has 0 heterocycles. The lowest BCUT2D eigenvalue weighted by Crippen LogP contribution is -2.39. The van der Waals surface area contributed by atoms with Gasteiger partial charge in [0.15, 0.2) is 0 Å². The Morgan fingerprint density at radius 1 is 1.33 bits per heavy atom. The number of hydrogen-bond acceptors (Lipinski definition) is 3. The molecule has 3 unspecified atom stereocenters. The lowest BCUT2D eigenvalue weighted by atomic mass is 10.0. The second-order valence-electron chi connectivity index (χ2n) is 6.24. The Morgan fingerprint density at radius 2 is 2.00 bits per heavy atom. The van der Waals surface area contributed by atoms with Crippen LogP contribution in [0, 0.1) is 12.8 Å². The van der Waals surface area contributed by atoms with Gasteiger partial charge in [0, 0.05) is 6.54 Å². The maximum absolute atomic E-state index is 12.2. The maximum atomic E-state index is 12.2. The van der Waals surface area contributed by atoms with Gasteiger partial charge in [-0.1, -0.05) is 29.8 Å². The third-order valence-electron chi connectivity index (χ3n) is 4.37. The highest BCUT2D eigenvalue weighted by atomic mass is 16.3. The Hall–Kier alpha value is -1.39. The van der Waals surface area contributed by atoms with Crippen molar-refractivity contribution in [2.24, 2.45) is 5.92 Å². The molecule has 0 spiro atoms. The number of hydrogen-bond donors (Lipinski definition) is 2. The highest BCUT2D eigenvalue weighted by Crippen LogP contribution is 2.26. The summed E-state index contributed by atoms with van der Waals surface area (Å²) in [5, 5.41) is 12.8. The van der Waals surface area contributed by atoms with Crippen molar-refractivity contribution < 1.29 is 9.90 Å². The molecule has 2 N–H and O–H groups in total. The second-order valence-corrected chi connectivity index (χ2v) is 6.24. The minimum atomic E-state index is -0.470. The molecule has 0 aliphatic heterocycles. The van der Waals surface area contributed by atoms with E-state index in [4.69, 9.17) is 0 Å². The molecule has 21 heavy (non-hydrogen) atoms. The first-order chi connectivity index (χ1) is 9.99. The van der Waals surface area contributed by atoms with Crippen LogP contribution < -0.4 is 5.32 Å². The summed E-state index contributed by atoms with van der Waals surface area (Å²) in [6.07, 6.45) is 2.01. The number of nitrogens with one attached hydrogen (secondary N) is 1. The highest BCUT2D eigenvalue weighted by Gasteiger charge is 2.31. The fourth-order valence-electron chi connectivity index (χ4n) is 2.96. The van der Waals surface area contributed by atoms with Crippen molar-refractivity contribution in [3.8, 4) is 0 Å². The number of carbonyl (C=O) groups is 1. The van der Waals surface area contributed by atoms with E-state index in [1.54, 1.807) is 0 Å². The van der Waals surface area contributed by atoms with Crippen molar-refractivity contribution in [2.75, 3.05) is 20.6 Å². The van der Waals surface area contributed by atoms with Crippen LogP contribution in [0.2, 0.25) is 0 Å². The van der Waals surface area contributed by atoms with Gasteiger partial charge in [-0.15, -0.1) is 0 Å². The molecule has 4 heteroatoms. The predicted molar refractivity (Wildman–Crippen MR) is 84.0 cm³/mol. The SMILES string of the molecule is Cc1ccc(C(CNC(=O)C2CCCC2O)N(C)C)cc1. The average molecular weight is 290 g/mol. The minimum Gasteiger partial charge on any atom is -0.392 e. The number of benzene rings is 1. The predicted octanol–water partition coefficient (Wildman–Crippen LogP) is 1.87. The lowest BCUT2D eigenvalue weighted by molar-refractivity contribution is -0.127. The lowest BCUT2D eigenvalue weighted by Gasteiger charge is -2.26. The number of aryl methyl sites for hydroxylation is 1. The molecule has 1 amide bonds. The average Bonchev–Trinajstić information content (AvgIpc) is 2.86. The molecule has 1 saturated carbocycles. The third kappa shape index (κ3) is 4.05. The fraction of sp³-hybridized carbons (Fsp3) is 0.588. The topological polar surface area (TPSA) is 52.6 Å². The summed E-state index contributed by atoms with van der Waals surface area (Å²) in [7, 11) is 4.03. The molecule has 3 atom stereocenters. The first kappa shape index (κ1) is 16.0. The molecular weight excluding hydrogens is 264 g/mol. The molecule has 0 bridgehead atoms. The van der Waals surface area contributed by atoms with E-state index in [1.165, 1.54) is 11.1 Å². The van der Waals surface area contributed by atoms with Gasteiger partial charge in [0.05, 0.1) is 18.1 Å². The summed E-state index contributed by atoms with van der Waals surface area (Å²) in [5.41, 5.74) is 2.42. The molecule has 0 aromatic heterocycles. The van der Waals surface area contributed by atoms with Crippen molar-refractivity contribution in [3.63, 3.8) is 0 Å². The zero-order valence-electron chi connectivity index (χ0n) is 13.2. The van der Waals surface area contributed by atoms with Crippen LogP contribution in [0.1, 0.15) is 36.4 Å². The Balaban J connectivity index is 1.97.